The van der Waals surface area contributed by atoms with E-state index in [4.69, 9.17) is 11.6 Å². The molecule has 1 aromatic carbocycles. The van der Waals surface area contributed by atoms with Gasteiger partial charge in [-0.25, -0.2) is 0 Å². The van der Waals surface area contributed by atoms with Gasteiger partial charge in [-0.05, 0) is 13.3 Å². The third-order valence-corrected chi connectivity index (χ3v) is 3.08. The van der Waals surface area contributed by atoms with E-state index in [0.29, 0.717) is 6.42 Å². The van der Waals surface area contributed by atoms with Gasteiger partial charge in [0.1, 0.15) is 5.02 Å². The first kappa shape index (κ1) is 15.8. The second-order valence-corrected chi connectivity index (χ2v) is 4.50. The van der Waals surface area contributed by atoms with Crippen LogP contribution in [0.5, 0.6) is 0 Å². The van der Waals surface area contributed by atoms with E-state index in [0.717, 1.165) is 12.1 Å². The van der Waals surface area contributed by atoms with Gasteiger partial charge >= 0.3 is 0 Å². The van der Waals surface area contributed by atoms with E-state index in [1.165, 1.54) is 0 Å². The maximum Gasteiger partial charge on any atom is 0.295 e. The van der Waals surface area contributed by atoms with Gasteiger partial charge in [-0.1, -0.05) is 18.5 Å². The van der Waals surface area contributed by atoms with Gasteiger partial charge in [0.05, 0.1) is 21.5 Å². The van der Waals surface area contributed by atoms with Crippen molar-refractivity contribution in [3.05, 3.63) is 42.9 Å². The predicted octanol–water partition coefficient (Wildman–Crippen LogP) is 2.68. The molecule has 20 heavy (non-hydrogen) atoms. The van der Waals surface area contributed by atoms with Crippen molar-refractivity contribution in [2.75, 3.05) is 0 Å². The molecule has 1 amide bonds. The van der Waals surface area contributed by atoms with E-state index < -0.39 is 32.2 Å². The molecule has 0 aliphatic heterocycles. The number of amides is 1. The first-order valence-corrected chi connectivity index (χ1v) is 6.08. The molecular weight excluding hydrogens is 290 g/mol. The molecule has 108 valence electrons. The van der Waals surface area contributed by atoms with Gasteiger partial charge in [0.25, 0.3) is 17.3 Å². The Morgan fingerprint density at radius 1 is 1.35 bits per heavy atom. The number of carbonyl (C=O) groups excluding carboxylic acids is 1. The molecule has 0 aromatic heterocycles. The molecule has 1 rings (SSSR count). The molecule has 9 heteroatoms. The van der Waals surface area contributed by atoms with Crippen molar-refractivity contribution in [3.8, 4) is 0 Å². The molecule has 0 aliphatic carbocycles. The second kappa shape index (κ2) is 6.29. The largest absolute Gasteiger partial charge is 0.350 e. The lowest BCUT2D eigenvalue weighted by molar-refractivity contribution is -0.394. The van der Waals surface area contributed by atoms with Crippen LogP contribution in [0.25, 0.3) is 0 Å². The van der Waals surface area contributed by atoms with Crippen LogP contribution in [0.2, 0.25) is 5.02 Å². The highest BCUT2D eigenvalue weighted by Gasteiger charge is 2.26. The number of halogens is 1. The highest BCUT2D eigenvalue weighted by molar-refractivity contribution is 6.36. The predicted molar refractivity (Wildman–Crippen MR) is 72.0 cm³/mol. The van der Waals surface area contributed by atoms with Gasteiger partial charge in [-0.15, -0.1) is 0 Å². The first-order chi connectivity index (χ1) is 9.27. The zero-order valence-corrected chi connectivity index (χ0v) is 11.5. The number of hydrogen-bond donors (Lipinski definition) is 1. The zero-order valence-electron chi connectivity index (χ0n) is 10.8. The van der Waals surface area contributed by atoms with E-state index in [9.17, 15) is 25.0 Å². The molecule has 0 saturated heterocycles. The topological polar surface area (TPSA) is 115 Å². The van der Waals surface area contributed by atoms with Crippen molar-refractivity contribution in [1.29, 1.82) is 0 Å². The minimum atomic E-state index is -0.866. The number of benzene rings is 1. The van der Waals surface area contributed by atoms with Gasteiger partial charge in [0, 0.05) is 12.1 Å². The van der Waals surface area contributed by atoms with Gasteiger partial charge in [-0.2, -0.15) is 0 Å². The molecule has 1 unspecified atom stereocenters. The minimum Gasteiger partial charge on any atom is -0.350 e. The molecule has 0 saturated carbocycles. The highest BCUT2D eigenvalue weighted by atomic mass is 35.5. The molecule has 1 aromatic rings. The Hall–Kier alpha value is -2.22. The fourth-order valence-electron chi connectivity index (χ4n) is 1.40. The molecule has 1 N–H and O–H groups in total. The lowest BCUT2D eigenvalue weighted by Gasteiger charge is -2.12. The van der Waals surface area contributed by atoms with Gasteiger partial charge in [0.15, 0.2) is 0 Å². The molecule has 1 atom stereocenters. The third-order valence-electron chi connectivity index (χ3n) is 2.68. The average Bonchev–Trinajstić information content (AvgIpc) is 2.37. The van der Waals surface area contributed by atoms with Crippen LogP contribution >= 0.6 is 11.6 Å². The Kier molecular flexibility index (Phi) is 4.98. The number of nitro groups is 2. The fraction of sp³-hybridized carbons (Fsp3) is 0.364. The first-order valence-electron chi connectivity index (χ1n) is 5.71. The van der Waals surface area contributed by atoms with E-state index >= 15 is 0 Å². The molecule has 8 nitrogen and oxygen atoms in total. The monoisotopic (exact) mass is 301 g/mol. The van der Waals surface area contributed by atoms with Gasteiger partial charge in [0.2, 0.25) is 0 Å². The van der Waals surface area contributed by atoms with Crippen LogP contribution in [0, 0.1) is 20.2 Å². The van der Waals surface area contributed by atoms with E-state index in [-0.39, 0.29) is 11.6 Å². The van der Waals surface area contributed by atoms with E-state index in [1.54, 1.807) is 6.92 Å². The maximum absolute atomic E-state index is 11.9. The maximum atomic E-state index is 11.9. The molecule has 0 fully saturated rings. The summed E-state index contributed by atoms with van der Waals surface area (Å²) < 4.78 is 0. The number of carbonyl (C=O) groups is 1. The Bertz CT molecular complexity index is 575. The number of nitrogens with one attached hydrogen (secondary N) is 1. The normalized spacial score (nSPS) is 11.8. The van der Waals surface area contributed by atoms with Crippen LogP contribution in [-0.2, 0) is 0 Å². The standard InChI is InChI=1S/C11H12ClN3O5/c1-3-6(2)13-11(16)8-4-7(14(17)18)5-9(10(8)12)15(19)20/h4-6H,3H2,1-2H3,(H,13,16). The van der Waals surface area contributed by atoms with Crippen LogP contribution in [0.3, 0.4) is 0 Å². The Morgan fingerprint density at radius 2 is 1.95 bits per heavy atom. The van der Waals surface area contributed by atoms with Crippen LogP contribution in [-0.4, -0.2) is 21.8 Å². The number of hydrogen-bond acceptors (Lipinski definition) is 5. The Labute approximate surface area is 119 Å². The summed E-state index contributed by atoms with van der Waals surface area (Å²) in [4.78, 5) is 31.8. The average molecular weight is 302 g/mol. The number of rotatable bonds is 5. The van der Waals surface area contributed by atoms with Crippen molar-refractivity contribution in [2.45, 2.75) is 26.3 Å². The molecular formula is C11H12ClN3O5. The van der Waals surface area contributed by atoms with Gasteiger partial charge < -0.3 is 5.32 Å². The van der Waals surface area contributed by atoms with Gasteiger partial charge in [-0.3, -0.25) is 25.0 Å². The quantitative estimate of drug-likeness (QED) is 0.663. The summed E-state index contributed by atoms with van der Waals surface area (Å²) in [6, 6.07) is 1.46. The summed E-state index contributed by atoms with van der Waals surface area (Å²) in [6.45, 7) is 3.57. The fourth-order valence-corrected chi connectivity index (χ4v) is 1.67. The van der Waals surface area contributed by atoms with Crippen LogP contribution in [0.15, 0.2) is 12.1 Å². The summed E-state index contributed by atoms with van der Waals surface area (Å²) in [5, 5.41) is 23.7. The SMILES string of the molecule is CCC(C)NC(=O)c1cc([N+](=O)[O-])cc([N+](=O)[O-])c1Cl. The van der Waals surface area contributed by atoms with Crippen molar-refractivity contribution in [3.63, 3.8) is 0 Å². The lowest BCUT2D eigenvalue weighted by atomic mass is 10.1. The van der Waals surface area contributed by atoms with E-state index in [2.05, 4.69) is 5.32 Å². The van der Waals surface area contributed by atoms with E-state index in [1.807, 2.05) is 6.92 Å². The van der Waals surface area contributed by atoms with Crippen molar-refractivity contribution in [2.24, 2.45) is 0 Å². The van der Waals surface area contributed by atoms with Crippen LogP contribution in [0.4, 0.5) is 11.4 Å². The zero-order chi connectivity index (χ0) is 15.4. The van der Waals surface area contributed by atoms with Crippen molar-refractivity contribution in [1.82, 2.24) is 5.32 Å². The summed E-state index contributed by atoms with van der Waals surface area (Å²) >= 11 is 5.78. The summed E-state index contributed by atoms with van der Waals surface area (Å²) in [7, 11) is 0. The molecule has 0 bridgehead atoms. The minimum absolute atomic E-state index is 0.183. The Balaban J connectivity index is 3.34. The van der Waals surface area contributed by atoms with Crippen LogP contribution < -0.4 is 5.32 Å². The molecule has 0 heterocycles. The summed E-state index contributed by atoms with van der Waals surface area (Å²) in [5.41, 5.74) is -1.52. The third kappa shape index (κ3) is 3.41. The van der Waals surface area contributed by atoms with Crippen LogP contribution in [0.1, 0.15) is 30.6 Å². The smallest absolute Gasteiger partial charge is 0.295 e. The van der Waals surface area contributed by atoms with Crippen molar-refractivity contribution >= 4 is 28.9 Å². The number of non-ortho nitro benzene ring substituents is 1. The molecule has 0 aliphatic rings. The molecule has 0 spiro atoms. The van der Waals surface area contributed by atoms with Crippen molar-refractivity contribution < 1.29 is 14.6 Å². The lowest BCUT2D eigenvalue weighted by Crippen LogP contribution is -2.32. The summed E-state index contributed by atoms with van der Waals surface area (Å²) in [6.07, 6.45) is 0.639. The Morgan fingerprint density at radius 3 is 2.40 bits per heavy atom. The highest BCUT2D eigenvalue weighted by Crippen LogP contribution is 2.32. The number of nitro benzene ring substituents is 2. The molecule has 0 radical (unpaired) electrons. The second-order valence-electron chi connectivity index (χ2n) is 4.12. The number of nitrogens with zero attached hydrogens (tertiary/aromatic N) is 2. The summed E-state index contributed by atoms with van der Waals surface area (Å²) in [5.74, 6) is -0.684.